The number of morpholine rings is 1. The van der Waals surface area contributed by atoms with E-state index in [9.17, 15) is 4.79 Å². The number of rotatable bonds is 4. The minimum Gasteiger partial charge on any atom is -0.372 e. The van der Waals surface area contributed by atoms with Crippen molar-refractivity contribution in [3.05, 3.63) is 35.4 Å². The maximum absolute atomic E-state index is 12.6. The van der Waals surface area contributed by atoms with Gasteiger partial charge in [0.2, 0.25) is 0 Å². The van der Waals surface area contributed by atoms with Gasteiger partial charge in [0, 0.05) is 24.7 Å². The van der Waals surface area contributed by atoms with Gasteiger partial charge in [-0.3, -0.25) is 4.79 Å². The van der Waals surface area contributed by atoms with E-state index in [1.807, 2.05) is 56.9 Å². The second kappa shape index (κ2) is 9.96. The number of aliphatic imine (C=N–C) groups is 1. The maximum atomic E-state index is 12.6. The average molecular weight is 460 g/mol. The van der Waals surface area contributed by atoms with Crippen molar-refractivity contribution >= 4 is 35.8 Å². The molecule has 0 radical (unpaired) electrons. The van der Waals surface area contributed by atoms with Crippen LogP contribution in [0.15, 0.2) is 29.3 Å². The Bertz CT molecular complexity index is 579. The molecule has 1 aliphatic heterocycles. The molecule has 1 saturated heterocycles. The van der Waals surface area contributed by atoms with Crippen LogP contribution in [-0.2, 0) is 11.3 Å². The number of nitrogens with two attached hydrogens (primary N) is 1. The Morgan fingerprint density at radius 1 is 1.28 bits per heavy atom. The number of hydrogen-bond acceptors (Lipinski definition) is 3. The summed E-state index contributed by atoms with van der Waals surface area (Å²) in [6.45, 7) is 9.76. The maximum Gasteiger partial charge on any atom is 0.254 e. The average Bonchev–Trinajstić information content (AvgIpc) is 2.51. The molecule has 2 rings (SSSR count). The highest BCUT2D eigenvalue weighted by atomic mass is 127. The van der Waals surface area contributed by atoms with Gasteiger partial charge in [-0.15, -0.1) is 24.0 Å². The molecule has 1 aliphatic rings. The van der Waals surface area contributed by atoms with Crippen molar-refractivity contribution in [1.82, 2.24) is 10.2 Å². The van der Waals surface area contributed by atoms with Gasteiger partial charge in [0.05, 0.1) is 18.8 Å². The summed E-state index contributed by atoms with van der Waals surface area (Å²) in [7, 11) is 0. The van der Waals surface area contributed by atoms with Crippen molar-refractivity contribution in [1.29, 1.82) is 0 Å². The normalized spacial score (nSPS) is 21.0. The van der Waals surface area contributed by atoms with Gasteiger partial charge in [0.15, 0.2) is 5.96 Å². The Kier molecular flexibility index (Phi) is 8.64. The summed E-state index contributed by atoms with van der Waals surface area (Å²) < 4.78 is 5.68. The van der Waals surface area contributed by atoms with Crippen LogP contribution in [0.3, 0.4) is 0 Å². The number of guanidine groups is 1. The number of amides is 1. The van der Waals surface area contributed by atoms with E-state index in [-0.39, 0.29) is 48.1 Å². The zero-order valence-corrected chi connectivity index (χ0v) is 17.7. The van der Waals surface area contributed by atoms with Crippen molar-refractivity contribution in [3.8, 4) is 0 Å². The lowest BCUT2D eigenvalue weighted by Crippen LogP contribution is -2.48. The van der Waals surface area contributed by atoms with Crippen LogP contribution in [0.5, 0.6) is 0 Å². The van der Waals surface area contributed by atoms with Crippen molar-refractivity contribution in [3.63, 3.8) is 0 Å². The quantitative estimate of drug-likeness (QED) is 0.411. The van der Waals surface area contributed by atoms with Gasteiger partial charge in [-0.1, -0.05) is 12.1 Å². The lowest BCUT2D eigenvalue weighted by atomic mass is 10.1. The molecule has 1 heterocycles. The van der Waals surface area contributed by atoms with Crippen molar-refractivity contribution in [2.75, 3.05) is 13.1 Å². The van der Waals surface area contributed by atoms with Crippen molar-refractivity contribution < 1.29 is 9.53 Å². The Balaban J connectivity index is 0.00000312. The summed E-state index contributed by atoms with van der Waals surface area (Å²) in [4.78, 5) is 18.8. The van der Waals surface area contributed by atoms with E-state index in [2.05, 4.69) is 10.3 Å². The fourth-order valence-corrected chi connectivity index (χ4v) is 2.80. The van der Waals surface area contributed by atoms with E-state index in [1.165, 1.54) is 0 Å². The first-order valence-corrected chi connectivity index (χ1v) is 8.45. The molecule has 3 N–H and O–H groups in total. The predicted molar refractivity (Wildman–Crippen MR) is 111 cm³/mol. The minimum absolute atomic E-state index is 0. The fourth-order valence-electron chi connectivity index (χ4n) is 2.80. The first-order chi connectivity index (χ1) is 11.3. The summed E-state index contributed by atoms with van der Waals surface area (Å²) >= 11 is 0. The molecule has 6 nitrogen and oxygen atoms in total. The van der Waals surface area contributed by atoms with Crippen LogP contribution in [0.25, 0.3) is 0 Å². The highest BCUT2D eigenvalue weighted by molar-refractivity contribution is 14.0. The number of hydrogen-bond donors (Lipinski definition) is 2. The third-order valence-corrected chi connectivity index (χ3v) is 3.78. The molecule has 0 aliphatic carbocycles. The summed E-state index contributed by atoms with van der Waals surface area (Å²) in [6, 6.07) is 7.81. The van der Waals surface area contributed by atoms with Gasteiger partial charge in [-0.2, -0.15) is 0 Å². The van der Waals surface area contributed by atoms with Gasteiger partial charge < -0.3 is 20.7 Å². The monoisotopic (exact) mass is 460 g/mol. The van der Waals surface area contributed by atoms with Crippen LogP contribution in [0.2, 0.25) is 0 Å². The number of benzene rings is 1. The summed E-state index contributed by atoms with van der Waals surface area (Å²) in [5.41, 5.74) is 7.50. The Labute approximate surface area is 167 Å². The highest BCUT2D eigenvalue weighted by Gasteiger charge is 2.26. The number of ether oxygens (including phenoxy) is 1. The Morgan fingerprint density at radius 3 is 2.36 bits per heavy atom. The summed E-state index contributed by atoms with van der Waals surface area (Å²) in [5, 5.41) is 3.05. The number of carbonyl (C=O) groups is 1. The van der Waals surface area contributed by atoms with Crippen LogP contribution >= 0.6 is 24.0 Å². The molecule has 2 atom stereocenters. The molecular formula is C18H29IN4O2. The first-order valence-electron chi connectivity index (χ1n) is 8.45. The van der Waals surface area contributed by atoms with E-state index in [0.717, 1.165) is 5.56 Å². The van der Waals surface area contributed by atoms with Crippen LogP contribution in [0, 0.1) is 0 Å². The second-order valence-corrected chi connectivity index (χ2v) is 6.66. The minimum atomic E-state index is 0. The molecule has 1 fully saturated rings. The van der Waals surface area contributed by atoms with Crippen LogP contribution < -0.4 is 11.1 Å². The van der Waals surface area contributed by atoms with Crippen molar-refractivity contribution in [2.24, 2.45) is 10.7 Å². The second-order valence-electron chi connectivity index (χ2n) is 6.66. The first kappa shape index (κ1) is 21.7. The smallest absolute Gasteiger partial charge is 0.254 e. The molecule has 2 unspecified atom stereocenters. The van der Waals surface area contributed by atoms with Gasteiger partial charge in [0.1, 0.15) is 0 Å². The zero-order valence-electron chi connectivity index (χ0n) is 15.4. The molecule has 0 spiro atoms. The molecule has 0 bridgehead atoms. The molecule has 140 valence electrons. The molecular weight excluding hydrogens is 431 g/mol. The molecule has 1 aromatic rings. The lowest BCUT2D eigenvalue weighted by Gasteiger charge is -2.35. The molecule has 1 aromatic carbocycles. The van der Waals surface area contributed by atoms with Gasteiger partial charge >= 0.3 is 0 Å². The van der Waals surface area contributed by atoms with E-state index in [4.69, 9.17) is 10.5 Å². The largest absolute Gasteiger partial charge is 0.372 e. The van der Waals surface area contributed by atoms with E-state index in [1.54, 1.807) is 0 Å². The van der Waals surface area contributed by atoms with E-state index in [0.29, 0.717) is 31.2 Å². The van der Waals surface area contributed by atoms with Crippen molar-refractivity contribution in [2.45, 2.75) is 52.5 Å². The molecule has 7 heteroatoms. The molecule has 0 aromatic heterocycles. The van der Waals surface area contributed by atoms with Crippen LogP contribution in [0.1, 0.15) is 43.6 Å². The standard InChI is InChI=1S/C18H28N4O2.HI/c1-12(2)21-18(19)20-9-15-5-7-16(8-6-15)17(23)22-10-13(3)24-14(4)11-22;/h5-8,12-14H,9-11H2,1-4H3,(H3,19,20,21);1H. The predicted octanol–water partition coefficient (Wildman–Crippen LogP) is 2.37. The van der Waals surface area contributed by atoms with Gasteiger partial charge in [-0.25, -0.2) is 4.99 Å². The zero-order chi connectivity index (χ0) is 17.7. The third kappa shape index (κ3) is 6.81. The molecule has 1 amide bonds. The highest BCUT2D eigenvalue weighted by Crippen LogP contribution is 2.15. The van der Waals surface area contributed by atoms with E-state index < -0.39 is 0 Å². The van der Waals surface area contributed by atoms with Gasteiger partial charge in [-0.05, 0) is 45.4 Å². The Morgan fingerprint density at radius 2 is 1.84 bits per heavy atom. The molecule has 25 heavy (non-hydrogen) atoms. The van der Waals surface area contributed by atoms with Gasteiger partial charge in [0.25, 0.3) is 5.91 Å². The number of nitrogens with zero attached hydrogens (tertiary/aromatic N) is 2. The number of nitrogens with one attached hydrogen (secondary N) is 1. The summed E-state index contributed by atoms with van der Waals surface area (Å²) in [6.07, 6.45) is 0.144. The topological polar surface area (TPSA) is 79.9 Å². The fraction of sp³-hybridized carbons (Fsp3) is 0.556. The van der Waals surface area contributed by atoms with E-state index >= 15 is 0 Å². The Hall–Kier alpha value is -1.35. The lowest BCUT2D eigenvalue weighted by molar-refractivity contribution is -0.0586. The molecule has 0 saturated carbocycles. The number of halogens is 1. The van der Waals surface area contributed by atoms with Crippen LogP contribution in [-0.4, -0.2) is 48.1 Å². The van der Waals surface area contributed by atoms with Crippen LogP contribution in [0.4, 0.5) is 0 Å². The third-order valence-electron chi connectivity index (χ3n) is 3.78. The summed E-state index contributed by atoms with van der Waals surface area (Å²) in [5.74, 6) is 0.481. The number of carbonyl (C=O) groups excluding carboxylic acids is 1. The SMILES string of the molecule is CC(C)NC(N)=NCc1ccc(C(=O)N2CC(C)OC(C)C2)cc1.I.